The normalized spacial score (nSPS) is 22.0. The molecule has 2 aliphatic heterocycles. The van der Waals surface area contributed by atoms with Gasteiger partial charge in [-0.1, -0.05) is 43.2 Å². The van der Waals surface area contributed by atoms with Crippen LogP contribution in [0.4, 0.5) is 0 Å². The molecule has 1 saturated carbocycles. The lowest BCUT2D eigenvalue weighted by Crippen LogP contribution is -2.36. The van der Waals surface area contributed by atoms with E-state index in [1.807, 2.05) is 36.9 Å². The van der Waals surface area contributed by atoms with Gasteiger partial charge < -0.3 is 15.1 Å². The highest BCUT2D eigenvalue weighted by atomic mass is 16.2. The zero-order chi connectivity index (χ0) is 27.6. The largest absolute Gasteiger partial charge is 0.349 e. The number of rotatable bonds is 8. The van der Waals surface area contributed by atoms with Crippen molar-refractivity contribution in [1.29, 1.82) is 0 Å². The van der Waals surface area contributed by atoms with Gasteiger partial charge in [0.1, 0.15) is 0 Å². The summed E-state index contributed by atoms with van der Waals surface area (Å²) in [5, 5.41) is 16.1. The Labute approximate surface area is 236 Å². The topological polar surface area (TPSA) is 96.2 Å². The predicted molar refractivity (Wildman–Crippen MR) is 152 cm³/mol. The number of nitrogens with zero attached hydrogens (tertiary/aromatic N) is 6. The molecular formula is C31H39N7O2. The van der Waals surface area contributed by atoms with E-state index in [0.29, 0.717) is 23.2 Å². The maximum atomic E-state index is 13.6. The van der Waals surface area contributed by atoms with Gasteiger partial charge >= 0.3 is 0 Å². The van der Waals surface area contributed by atoms with Crippen LogP contribution in [-0.2, 0) is 4.79 Å². The van der Waals surface area contributed by atoms with E-state index in [0.717, 1.165) is 76.2 Å². The highest BCUT2D eigenvalue weighted by molar-refractivity contribution is 5.96. The van der Waals surface area contributed by atoms with Crippen LogP contribution < -0.4 is 5.32 Å². The Hall–Kier alpha value is -3.59. The molecule has 3 aromatic rings. The number of hydrogen-bond donors (Lipinski definition) is 1. The first kappa shape index (κ1) is 26.6. The average molecular weight is 542 g/mol. The number of aryl methyl sites for hydroxylation is 1. The first-order valence-electron chi connectivity index (χ1n) is 14.7. The molecule has 1 aliphatic carbocycles. The van der Waals surface area contributed by atoms with Crippen LogP contribution in [0.5, 0.6) is 0 Å². The van der Waals surface area contributed by atoms with E-state index in [2.05, 4.69) is 49.8 Å². The molecule has 1 aromatic carbocycles. The van der Waals surface area contributed by atoms with Crippen molar-refractivity contribution in [1.82, 2.24) is 35.1 Å². The molecule has 2 saturated heterocycles. The molecule has 0 bridgehead atoms. The third kappa shape index (κ3) is 5.39. The molecule has 2 amide bonds. The van der Waals surface area contributed by atoms with Crippen molar-refractivity contribution in [3.63, 3.8) is 0 Å². The smallest absolute Gasteiger partial charge is 0.257 e. The van der Waals surface area contributed by atoms with E-state index in [1.54, 1.807) is 10.9 Å². The standard InChI is InChI=1S/C31H39N7O2/c1-21-29(22(2)38(35-21)28-13-8-15-32-34-28)31(40)37-19-25-17-36(18-26(25)20-37)16-14-27(23-9-4-3-5-10-23)33-30(39)24-11-6-7-12-24/h3-5,8-10,13,15,24-27H,6-7,11-12,14,16-20H2,1-2H3,(H,33,39)/t25-,26?,27?/m0/s1. The summed E-state index contributed by atoms with van der Waals surface area (Å²) in [6, 6.07) is 14.1. The Kier molecular flexibility index (Phi) is 7.65. The maximum Gasteiger partial charge on any atom is 0.257 e. The molecule has 3 aliphatic rings. The number of carbonyl (C=O) groups excluding carboxylic acids is 2. The summed E-state index contributed by atoms with van der Waals surface area (Å²) in [4.78, 5) is 31.1. The Bertz CT molecular complexity index is 1320. The molecule has 2 unspecified atom stereocenters. The summed E-state index contributed by atoms with van der Waals surface area (Å²) in [6.45, 7) is 8.28. The van der Waals surface area contributed by atoms with Crippen molar-refractivity contribution in [2.24, 2.45) is 17.8 Å². The molecule has 40 heavy (non-hydrogen) atoms. The lowest BCUT2D eigenvalue weighted by atomic mass is 10.0. The summed E-state index contributed by atoms with van der Waals surface area (Å²) >= 11 is 0. The molecule has 9 heteroatoms. The monoisotopic (exact) mass is 541 g/mol. The quantitative estimate of drug-likeness (QED) is 0.467. The first-order valence-corrected chi connectivity index (χ1v) is 14.7. The second-order valence-corrected chi connectivity index (χ2v) is 11.8. The number of likely N-dealkylation sites (tertiary alicyclic amines) is 2. The van der Waals surface area contributed by atoms with Crippen molar-refractivity contribution in [3.8, 4) is 5.82 Å². The Morgan fingerprint density at radius 3 is 2.38 bits per heavy atom. The molecular weight excluding hydrogens is 502 g/mol. The van der Waals surface area contributed by atoms with Crippen LogP contribution in [0.3, 0.4) is 0 Å². The van der Waals surface area contributed by atoms with Crippen LogP contribution >= 0.6 is 0 Å². The molecule has 4 heterocycles. The molecule has 1 N–H and O–H groups in total. The van der Waals surface area contributed by atoms with Gasteiger partial charge in [-0.2, -0.15) is 10.2 Å². The van der Waals surface area contributed by atoms with Gasteiger partial charge in [0.25, 0.3) is 5.91 Å². The van der Waals surface area contributed by atoms with E-state index >= 15 is 0 Å². The van der Waals surface area contributed by atoms with Crippen molar-refractivity contribution >= 4 is 11.8 Å². The maximum absolute atomic E-state index is 13.6. The second kappa shape index (κ2) is 11.5. The van der Waals surface area contributed by atoms with Gasteiger partial charge in [0.2, 0.25) is 5.91 Å². The molecule has 3 atom stereocenters. The predicted octanol–water partition coefficient (Wildman–Crippen LogP) is 3.72. The van der Waals surface area contributed by atoms with Crippen LogP contribution in [0, 0.1) is 31.6 Å². The number of hydrogen-bond acceptors (Lipinski definition) is 6. The van der Waals surface area contributed by atoms with Gasteiger partial charge in [-0.25, -0.2) is 4.68 Å². The Morgan fingerprint density at radius 2 is 1.70 bits per heavy atom. The molecule has 2 aromatic heterocycles. The summed E-state index contributed by atoms with van der Waals surface area (Å²) in [7, 11) is 0. The minimum Gasteiger partial charge on any atom is -0.349 e. The fourth-order valence-electron chi connectivity index (χ4n) is 6.98. The van der Waals surface area contributed by atoms with Crippen LogP contribution in [-0.4, -0.2) is 74.3 Å². The van der Waals surface area contributed by atoms with Gasteiger partial charge in [-0.3, -0.25) is 9.59 Å². The second-order valence-electron chi connectivity index (χ2n) is 11.8. The fraction of sp³-hybridized carbons (Fsp3) is 0.516. The number of benzene rings is 1. The number of aromatic nitrogens is 4. The highest BCUT2D eigenvalue weighted by Crippen LogP contribution is 2.34. The number of amides is 2. The van der Waals surface area contributed by atoms with Gasteiger partial charge in [-0.05, 0) is 62.6 Å². The van der Waals surface area contributed by atoms with Gasteiger partial charge in [-0.15, -0.1) is 5.10 Å². The third-order valence-electron chi connectivity index (χ3n) is 9.11. The van der Waals surface area contributed by atoms with Crippen LogP contribution in [0.25, 0.3) is 5.82 Å². The Balaban J connectivity index is 1.06. The summed E-state index contributed by atoms with van der Waals surface area (Å²) in [6.07, 6.45) is 6.86. The highest BCUT2D eigenvalue weighted by Gasteiger charge is 2.42. The van der Waals surface area contributed by atoms with E-state index < -0.39 is 0 Å². The molecule has 0 spiro atoms. The van der Waals surface area contributed by atoms with Crippen LogP contribution in [0.15, 0.2) is 48.7 Å². The molecule has 0 radical (unpaired) electrons. The number of fused-ring (bicyclic) bond motifs is 1. The zero-order valence-electron chi connectivity index (χ0n) is 23.5. The fourth-order valence-corrected chi connectivity index (χ4v) is 6.98. The number of nitrogens with one attached hydrogen (secondary N) is 1. The van der Waals surface area contributed by atoms with E-state index in [9.17, 15) is 9.59 Å². The Morgan fingerprint density at radius 1 is 0.975 bits per heavy atom. The lowest BCUT2D eigenvalue weighted by Gasteiger charge is -2.25. The molecule has 9 nitrogen and oxygen atoms in total. The summed E-state index contributed by atoms with van der Waals surface area (Å²) in [5.74, 6) is 2.01. The molecule has 210 valence electrons. The zero-order valence-corrected chi connectivity index (χ0v) is 23.5. The van der Waals surface area contributed by atoms with Crippen LogP contribution in [0.2, 0.25) is 0 Å². The summed E-state index contributed by atoms with van der Waals surface area (Å²) < 4.78 is 1.71. The van der Waals surface area contributed by atoms with Crippen molar-refractivity contribution < 1.29 is 9.59 Å². The lowest BCUT2D eigenvalue weighted by molar-refractivity contribution is -0.125. The minimum absolute atomic E-state index is 0.0320. The third-order valence-corrected chi connectivity index (χ3v) is 9.11. The first-order chi connectivity index (χ1) is 19.5. The molecule has 6 rings (SSSR count). The minimum atomic E-state index is 0.0320. The van der Waals surface area contributed by atoms with E-state index in [-0.39, 0.29) is 23.8 Å². The molecule has 3 fully saturated rings. The van der Waals surface area contributed by atoms with Crippen LogP contribution in [0.1, 0.15) is 65.5 Å². The van der Waals surface area contributed by atoms with Crippen molar-refractivity contribution in [2.45, 2.75) is 52.0 Å². The van der Waals surface area contributed by atoms with Gasteiger partial charge in [0.15, 0.2) is 5.82 Å². The van der Waals surface area contributed by atoms with Crippen molar-refractivity contribution in [3.05, 3.63) is 71.2 Å². The van der Waals surface area contributed by atoms with Gasteiger partial charge in [0, 0.05) is 44.8 Å². The van der Waals surface area contributed by atoms with E-state index in [1.165, 1.54) is 5.56 Å². The number of carbonyl (C=O) groups is 2. The van der Waals surface area contributed by atoms with Crippen molar-refractivity contribution in [2.75, 3.05) is 32.7 Å². The average Bonchev–Trinajstić information content (AvgIpc) is 3.76. The summed E-state index contributed by atoms with van der Waals surface area (Å²) in [5.41, 5.74) is 3.37. The van der Waals surface area contributed by atoms with E-state index in [4.69, 9.17) is 0 Å². The SMILES string of the molecule is Cc1nn(-c2cccnn2)c(C)c1C(=O)N1CC2CN(CCC(NC(=O)C3CCCC3)c3ccccc3)C[C@H]2C1. The van der Waals surface area contributed by atoms with Gasteiger partial charge in [0.05, 0.1) is 23.0 Å².